The molecule has 18 heteroatoms. The summed E-state index contributed by atoms with van der Waals surface area (Å²) in [5, 5.41) is 10.7. The van der Waals surface area contributed by atoms with Crippen LogP contribution < -0.4 is 0 Å². The van der Waals surface area contributed by atoms with E-state index in [1.165, 1.54) is 176 Å². The Kier molecular flexibility index (Phi) is 34.0. The minimum Gasteiger partial charge on any atom is -0.469 e. The highest BCUT2D eigenvalue weighted by atomic mass is 16.7. The van der Waals surface area contributed by atoms with E-state index in [0.717, 1.165) is 93.3 Å². The van der Waals surface area contributed by atoms with Gasteiger partial charge in [0.25, 0.3) is 0 Å². The number of carbonyl (C=O) groups is 4. The van der Waals surface area contributed by atoms with Crippen LogP contribution in [0.4, 0.5) is 0 Å². The second-order valence-electron chi connectivity index (χ2n) is 48.0. The van der Waals surface area contributed by atoms with E-state index >= 15 is 0 Å². The summed E-state index contributed by atoms with van der Waals surface area (Å²) in [7, 11) is 12.9. The number of ether oxygens (including phenoxy) is 13. The van der Waals surface area contributed by atoms with Gasteiger partial charge in [0.2, 0.25) is 0 Å². The van der Waals surface area contributed by atoms with Crippen molar-refractivity contribution < 1.29 is 85.9 Å². The van der Waals surface area contributed by atoms with Crippen LogP contribution in [0.5, 0.6) is 0 Å². The van der Waals surface area contributed by atoms with E-state index in [-0.39, 0.29) is 49.6 Å². The molecule has 732 valence electrons. The van der Waals surface area contributed by atoms with E-state index in [1.807, 2.05) is 0 Å². The average Bonchev–Trinajstić information content (AvgIpc) is 1.48. The van der Waals surface area contributed by atoms with Gasteiger partial charge in [-0.3, -0.25) is 19.2 Å². The average molecular weight is 1790 g/mol. The number of carbonyl (C=O) groups excluding carboxylic acids is 4. The number of esters is 4. The van der Waals surface area contributed by atoms with Gasteiger partial charge >= 0.3 is 23.9 Å². The molecule has 1 heterocycles. The van der Waals surface area contributed by atoms with Crippen LogP contribution in [0.15, 0.2) is 24.3 Å². The monoisotopic (exact) mass is 1790 g/mol. The Bertz CT molecular complexity index is 3610. The first-order valence-corrected chi connectivity index (χ1v) is 52.0. The van der Waals surface area contributed by atoms with Crippen molar-refractivity contribution in [3.05, 3.63) is 24.3 Å². The number of aliphatic hydroxyl groups is 1. The largest absolute Gasteiger partial charge is 0.469 e. The molecule has 128 heavy (non-hydrogen) atoms. The molecule has 15 fully saturated rings. The Morgan fingerprint density at radius 1 is 0.375 bits per heavy atom. The van der Waals surface area contributed by atoms with Crippen LogP contribution in [0, 0.1) is 191 Å². The quantitative estimate of drug-likeness (QED) is 0.0254. The second-order valence-corrected chi connectivity index (χ2v) is 48.0. The van der Waals surface area contributed by atoms with E-state index in [9.17, 15) is 24.3 Å². The lowest BCUT2D eigenvalue weighted by Gasteiger charge is -2.63. The summed E-state index contributed by atoms with van der Waals surface area (Å²) in [6, 6.07) is 0. The number of fused-ring (bicyclic) bond motifs is 22. The third-order valence-electron chi connectivity index (χ3n) is 43.1. The SMILES string of the molecule is C.COCO[C@H]1C[C@@H]2C=CCC[C@]2(C)C2CC[C@@]3(C)C(CC[C@@H]3[C@H](C)CCC(=O)OC)C21.COCO[C@H]1C[C@@H]2CC=CC[C@]2(C)C2CC[C@@]3(C)C(CC[C@@H]3[C@H](C)CCC(=O)OC)C21.COCO[C@H]1C[C@@H]2C[C@@H](O)[C@H](C)C[C@]2(C)C2CC[C@@]3(C)C(CC[C@@H]3[C@H](C)CCC(=O)OC)C21.COCO[C@H]1C[C@@H]2[C@H]3O[C@H]3CC[C@]2(C)C2CC[C@@]3(C)C(CC[C@@H]3[C@H](C)CCC(=O)OC)C21. The fourth-order valence-electron chi connectivity index (χ4n) is 36.4. The molecule has 1 aliphatic heterocycles. The molecule has 0 amide bonds. The number of rotatable bonds is 28. The molecular formula is C110H184O18. The van der Waals surface area contributed by atoms with E-state index < -0.39 is 0 Å². The van der Waals surface area contributed by atoms with Crippen molar-refractivity contribution in [3.63, 3.8) is 0 Å². The summed E-state index contributed by atoms with van der Waals surface area (Å²) >= 11 is 0. The molecule has 0 bridgehead atoms. The Hall–Kier alpha value is -3.04. The van der Waals surface area contributed by atoms with Crippen LogP contribution >= 0.6 is 0 Å². The van der Waals surface area contributed by atoms with E-state index in [4.69, 9.17) is 61.6 Å². The number of hydrogen-bond acceptors (Lipinski definition) is 18. The highest BCUT2D eigenvalue weighted by Crippen LogP contribution is 2.75. The number of aliphatic hydroxyl groups excluding tert-OH is 1. The van der Waals surface area contributed by atoms with Crippen LogP contribution in [0.2, 0.25) is 0 Å². The minimum atomic E-state index is -0.178. The number of hydrogen-bond donors (Lipinski definition) is 1. The normalized spacial score (nSPS) is 46.5. The topological polar surface area (TPSA) is 212 Å². The minimum absolute atomic E-state index is 0. The second kappa shape index (κ2) is 42.5. The third-order valence-corrected chi connectivity index (χ3v) is 43.1. The van der Waals surface area contributed by atoms with Gasteiger partial charge in [0, 0.05) is 54.1 Å². The van der Waals surface area contributed by atoms with Gasteiger partial charge in [-0.1, -0.05) is 122 Å². The molecule has 17 rings (SSSR count). The Balaban J connectivity index is 0.000000145. The summed E-state index contributed by atoms with van der Waals surface area (Å²) in [4.78, 5) is 47.0. The Labute approximate surface area is 776 Å². The third kappa shape index (κ3) is 19.5. The van der Waals surface area contributed by atoms with Gasteiger partial charge in [0.1, 0.15) is 27.2 Å². The Morgan fingerprint density at radius 2 is 0.719 bits per heavy atom. The zero-order valence-corrected chi connectivity index (χ0v) is 83.5. The molecule has 0 aromatic heterocycles. The fraction of sp³-hybridized carbons (Fsp3) is 0.927. The lowest BCUT2D eigenvalue weighted by atomic mass is 9.43. The van der Waals surface area contributed by atoms with E-state index in [2.05, 4.69) is 114 Å². The van der Waals surface area contributed by atoms with Gasteiger partial charge in [0.05, 0.1) is 71.2 Å². The predicted octanol–water partition coefficient (Wildman–Crippen LogP) is 23.3. The van der Waals surface area contributed by atoms with Crippen molar-refractivity contribution in [1.29, 1.82) is 0 Å². The first-order valence-electron chi connectivity index (χ1n) is 52.0. The first kappa shape index (κ1) is 102. The summed E-state index contributed by atoms with van der Waals surface area (Å²) in [5.41, 5.74) is 2.91. The maximum Gasteiger partial charge on any atom is 0.305 e. The summed E-state index contributed by atoms with van der Waals surface area (Å²) in [6.45, 7) is 33.9. The number of allylic oxidation sites excluding steroid dienone is 4. The summed E-state index contributed by atoms with van der Waals surface area (Å²) in [6.07, 6.45) is 52.6. The first-order chi connectivity index (χ1) is 60.7. The molecule has 0 radical (unpaired) electrons. The van der Waals surface area contributed by atoms with Crippen LogP contribution in [-0.2, 0) is 80.8 Å². The molecule has 0 aromatic rings. The molecule has 0 aromatic carbocycles. The van der Waals surface area contributed by atoms with E-state index in [1.54, 1.807) is 28.4 Å². The van der Waals surface area contributed by atoms with Crippen molar-refractivity contribution in [2.24, 2.45) is 191 Å². The molecule has 0 spiro atoms. The standard InChI is InChI=1S/C28H48O5.C27H44O5.2C27H44O4.CH4/c1-17(7-10-25(30)32-6)20-8-9-21-26-22(11-12-27(20,21)3)28(4)15-18(2)23(29)13-19(28)14-24(26)33-16-31-5;1-16(6-9-23(28)30-5)17-7-8-18-24-19(10-12-26(17,18)2)27(3)13-11-21-25(32-21)20(27)14-22(24)31-15-29-4;2*1-18(9-12-24(28)30-5)20-10-11-21-25-22(13-15-27(20,21)3)26(2)14-7-6-8-19(26)16-23(25)31-17-29-4;/h17-24,26,29H,7-16H2,1-6H3;16-22,24-25H,6-15H2,1-5H3;6,8,18-23,25H,7,9-17H2,1-5H3;6-7,18-23,25H,8-17H2,1-5H3;1H4/t17-,18-,19+,20-,21?,22?,23-,24+,26?,27-,28+;16-,17-,18?,19?,20-,21+,22+,24?,25-,26-,27-;2*18-,19+,20-,21?,22?,23+,25?,26+,27-;/m1111./s1. The zero-order chi connectivity index (χ0) is 91.1. The molecule has 14 saturated carbocycles. The van der Waals surface area contributed by atoms with Gasteiger partial charge in [0.15, 0.2) is 0 Å². The van der Waals surface area contributed by atoms with Gasteiger partial charge < -0.3 is 66.7 Å². The number of methoxy groups -OCH3 is 8. The van der Waals surface area contributed by atoms with Crippen molar-refractivity contribution in [2.45, 2.75) is 371 Å². The molecule has 12 unspecified atom stereocenters. The predicted molar refractivity (Wildman–Crippen MR) is 501 cm³/mol. The van der Waals surface area contributed by atoms with Gasteiger partial charge in [-0.15, -0.1) is 0 Å². The highest BCUT2D eigenvalue weighted by Gasteiger charge is 2.71. The summed E-state index contributed by atoms with van der Waals surface area (Å²) < 4.78 is 73.0. The summed E-state index contributed by atoms with van der Waals surface area (Å²) in [5.74, 6) is 15.8. The van der Waals surface area contributed by atoms with Crippen molar-refractivity contribution >= 4 is 23.9 Å². The van der Waals surface area contributed by atoms with E-state index in [0.29, 0.717) is 233 Å². The molecule has 18 nitrogen and oxygen atoms in total. The lowest BCUT2D eigenvalue weighted by molar-refractivity contribution is -0.213. The number of epoxide rings is 1. The van der Waals surface area contributed by atoms with Gasteiger partial charge in [-0.05, 0) is 397 Å². The van der Waals surface area contributed by atoms with Crippen LogP contribution in [0.1, 0.15) is 329 Å². The van der Waals surface area contributed by atoms with Gasteiger partial charge in [-0.2, -0.15) is 0 Å². The lowest BCUT2D eigenvalue weighted by Crippen LogP contribution is -2.60. The highest BCUT2D eigenvalue weighted by molar-refractivity contribution is 5.70. The van der Waals surface area contributed by atoms with Crippen molar-refractivity contribution in [2.75, 3.05) is 84.1 Å². The van der Waals surface area contributed by atoms with Crippen LogP contribution in [0.25, 0.3) is 0 Å². The molecule has 40 atom stereocenters. The molecule has 17 aliphatic rings. The zero-order valence-electron chi connectivity index (χ0n) is 83.5. The van der Waals surface area contributed by atoms with Gasteiger partial charge in [-0.25, -0.2) is 0 Å². The van der Waals surface area contributed by atoms with Crippen molar-refractivity contribution in [3.8, 4) is 0 Å². The Morgan fingerprint density at radius 3 is 1.11 bits per heavy atom. The maximum atomic E-state index is 11.8. The molecule has 1 N–H and O–H groups in total. The van der Waals surface area contributed by atoms with Crippen molar-refractivity contribution in [1.82, 2.24) is 0 Å². The van der Waals surface area contributed by atoms with Crippen LogP contribution in [0.3, 0.4) is 0 Å². The smallest absolute Gasteiger partial charge is 0.305 e. The molecule has 16 aliphatic carbocycles. The van der Waals surface area contributed by atoms with Crippen LogP contribution in [-0.4, -0.2) is 156 Å². The fourth-order valence-corrected chi connectivity index (χ4v) is 36.4. The maximum absolute atomic E-state index is 11.8. The molecular weight excluding hydrogens is 1610 g/mol. The molecule has 1 saturated heterocycles.